The van der Waals surface area contributed by atoms with Crippen LogP contribution < -0.4 is 0 Å². The number of nitrogens with zero attached hydrogens (tertiary/aromatic N) is 3. The fraction of sp³-hybridized carbons (Fsp3) is 0.200. The lowest BCUT2D eigenvalue weighted by atomic mass is 10.2. The second-order valence-electron chi connectivity index (χ2n) is 5.06. The lowest BCUT2D eigenvalue weighted by Gasteiger charge is -2.07. The Morgan fingerprint density at radius 2 is 2.05 bits per heavy atom. The van der Waals surface area contributed by atoms with Gasteiger partial charge in [0.15, 0.2) is 0 Å². The molecular formula is C15H11BrFN3. The van der Waals surface area contributed by atoms with Crippen molar-refractivity contribution in [2.45, 2.75) is 18.9 Å². The summed E-state index contributed by atoms with van der Waals surface area (Å²) < 4.78 is 16.6. The average Bonchev–Trinajstić information content (AvgIpc) is 3.19. The van der Waals surface area contributed by atoms with E-state index in [1.807, 2.05) is 12.1 Å². The minimum absolute atomic E-state index is 0.335. The smallest absolute Gasteiger partial charge is 0.143 e. The first-order valence-corrected chi connectivity index (χ1v) is 7.30. The Balaban J connectivity index is 2.01. The van der Waals surface area contributed by atoms with Gasteiger partial charge in [-0.3, -0.25) is 4.98 Å². The highest BCUT2D eigenvalue weighted by atomic mass is 79.9. The molecule has 1 saturated carbocycles. The molecule has 3 nitrogen and oxygen atoms in total. The number of rotatable bonds is 2. The van der Waals surface area contributed by atoms with Gasteiger partial charge in [0.25, 0.3) is 0 Å². The van der Waals surface area contributed by atoms with Crippen molar-refractivity contribution in [3.8, 4) is 11.4 Å². The van der Waals surface area contributed by atoms with Gasteiger partial charge in [-0.05, 0) is 37.1 Å². The van der Waals surface area contributed by atoms with Gasteiger partial charge in [-0.25, -0.2) is 9.37 Å². The monoisotopic (exact) mass is 331 g/mol. The summed E-state index contributed by atoms with van der Waals surface area (Å²) in [6.45, 7) is 0. The van der Waals surface area contributed by atoms with Crippen LogP contribution in [0, 0.1) is 5.82 Å². The second-order valence-corrected chi connectivity index (χ2v) is 5.98. The van der Waals surface area contributed by atoms with Gasteiger partial charge in [0.1, 0.15) is 11.6 Å². The first-order valence-electron chi connectivity index (χ1n) is 6.51. The second kappa shape index (κ2) is 4.38. The van der Waals surface area contributed by atoms with Crippen LogP contribution in [0.1, 0.15) is 18.9 Å². The van der Waals surface area contributed by atoms with Crippen molar-refractivity contribution >= 4 is 27.0 Å². The average molecular weight is 332 g/mol. The summed E-state index contributed by atoms with van der Waals surface area (Å²) in [5.74, 6) is 0.464. The molecule has 0 bridgehead atoms. The molecule has 3 aromatic rings. The Hall–Kier alpha value is -1.75. The third-order valence-electron chi connectivity index (χ3n) is 3.53. The minimum Gasteiger partial charge on any atom is -0.321 e. The van der Waals surface area contributed by atoms with E-state index in [1.54, 1.807) is 6.20 Å². The summed E-state index contributed by atoms with van der Waals surface area (Å²) >= 11 is 3.50. The molecule has 0 unspecified atom stereocenters. The van der Waals surface area contributed by atoms with Crippen LogP contribution in [0.2, 0.25) is 0 Å². The summed E-state index contributed by atoms with van der Waals surface area (Å²) in [7, 11) is 0. The molecule has 4 rings (SSSR count). The molecule has 20 heavy (non-hydrogen) atoms. The number of hydrogen-bond donors (Lipinski definition) is 0. The normalized spacial score (nSPS) is 14.9. The third-order valence-corrected chi connectivity index (χ3v) is 4.02. The maximum Gasteiger partial charge on any atom is 0.143 e. The predicted octanol–water partition coefficient (Wildman–Crippen LogP) is 4.33. The van der Waals surface area contributed by atoms with E-state index in [0.717, 1.165) is 39.7 Å². The van der Waals surface area contributed by atoms with Crippen molar-refractivity contribution in [2.75, 3.05) is 0 Å². The van der Waals surface area contributed by atoms with Crippen LogP contribution in [0.25, 0.3) is 22.4 Å². The highest BCUT2D eigenvalue weighted by molar-refractivity contribution is 9.10. The maximum atomic E-state index is 13.4. The van der Waals surface area contributed by atoms with Crippen LogP contribution in [-0.2, 0) is 0 Å². The summed E-state index contributed by atoms with van der Waals surface area (Å²) in [5, 5.41) is 0. The van der Waals surface area contributed by atoms with Crippen LogP contribution in [0.15, 0.2) is 41.1 Å². The van der Waals surface area contributed by atoms with Crippen LogP contribution in [0.3, 0.4) is 0 Å². The minimum atomic E-state index is -0.335. The van der Waals surface area contributed by atoms with E-state index in [4.69, 9.17) is 0 Å². The molecule has 2 heterocycles. The number of aromatic nitrogens is 3. The predicted molar refractivity (Wildman–Crippen MR) is 78.9 cm³/mol. The van der Waals surface area contributed by atoms with Crippen molar-refractivity contribution in [1.29, 1.82) is 0 Å². The molecule has 1 aliphatic rings. The van der Waals surface area contributed by atoms with E-state index in [1.165, 1.54) is 12.3 Å². The van der Waals surface area contributed by atoms with Crippen molar-refractivity contribution < 1.29 is 4.39 Å². The summed E-state index contributed by atoms with van der Waals surface area (Å²) in [6, 6.07) is 7.97. The maximum absolute atomic E-state index is 13.4. The molecule has 2 aromatic heterocycles. The highest BCUT2D eigenvalue weighted by Gasteiger charge is 2.28. The molecule has 1 aromatic carbocycles. The van der Waals surface area contributed by atoms with Crippen molar-refractivity contribution in [1.82, 2.24) is 14.5 Å². The number of hydrogen-bond acceptors (Lipinski definition) is 2. The Kier molecular flexibility index (Phi) is 2.63. The standard InChI is InChI=1S/C15H11BrFN3/c16-10-1-4-13-14(6-10)20(12-2-3-12)15(19-13)9-5-11(17)8-18-7-9/h1,4-8,12H,2-3H2. The van der Waals surface area contributed by atoms with E-state index in [9.17, 15) is 4.39 Å². The largest absolute Gasteiger partial charge is 0.321 e. The van der Waals surface area contributed by atoms with Gasteiger partial charge in [0, 0.05) is 22.3 Å². The van der Waals surface area contributed by atoms with Gasteiger partial charge in [0.2, 0.25) is 0 Å². The SMILES string of the molecule is Fc1cncc(-c2nc3ccc(Br)cc3n2C2CC2)c1. The summed E-state index contributed by atoms with van der Waals surface area (Å²) in [4.78, 5) is 8.59. The van der Waals surface area contributed by atoms with Crippen LogP contribution >= 0.6 is 15.9 Å². The zero-order chi connectivity index (χ0) is 13.7. The molecule has 100 valence electrons. The third kappa shape index (κ3) is 1.93. The molecule has 0 amide bonds. The summed E-state index contributed by atoms with van der Waals surface area (Å²) in [5.41, 5.74) is 2.74. The van der Waals surface area contributed by atoms with E-state index >= 15 is 0 Å². The summed E-state index contributed by atoms with van der Waals surface area (Å²) in [6.07, 6.45) is 5.17. The molecule has 0 aliphatic heterocycles. The lowest BCUT2D eigenvalue weighted by molar-refractivity contribution is 0.621. The molecule has 0 N–H and O–H groups in total. The van der Waals surface area contributed by atoms with Gasteiger partial charge in [0.05, 0.1) is 17.2 Å². The number of halogens is 2. The van der Waals surface area contributed by atoms with Crippen LogP contribution in [-0.4, -0.2) is 14.5 Å². The Labute approximate surface area is 123 Å². The Morgan fingerprint density at radius 1 is 1.20 bits per heavy atom. The number of benzene rings is 1. The van der Waals surface area contributed by atoms with Gasteiger partial charge in [-0.2, -0.15) is 0 Å². The van der Waals surface area contributed by atoms with Gasteiger partial charge >= 0.3 is 0 Å². The molecule has 0 saturated heterocycles. The molecular weight excluding hydrogens is 321 g/mol. The number of imidazole rings is 1. The van der Waals surface area contributed by atoms with Crippen LogP contribution in [0.5, 0.6) is 0 Å². The van der Waals surface area contributed by atoms with E-state index in [0.29, 0.717) is 6.04 Å². The quantitative estimate of drug-likeness (QED) is 0.699. The van der Waals surface area contributed by atoms with E-state index in [-0.39, 0.29) is 5.82 Å². The first-order chi connectivity index (χ1) is 9.72. The highest BCUT2D eigenvalue weighted by Crippen LogP contribution is 2.41. The zero-order valence-corrected chi connectivity index (χ0v) is 12.1. The number of pyridine rings is 1. The van der Waals surface area contributed by atoms with Crippen LogP contribution in [0.4, 0.5) is 4.39 Å². The lowest BCUT2D eigenvalue weighted by Crippen LogP contribution is -1.98. The Morgan fingerprint density at radius 3 is 2.80 bits per heavy atom. The van der Waals surface area contributed by atoms with Crippen molar-refractivity contribution in [2.24, 2.45) is 0 Å². The van der Waals surface area contributed by atoms with E-state index < -0.39 is 0 Å². The van der Waals surface area contributed by atoms with Gasteiger partial charge in [-0.1, -0.05) is 15.9 Å². The molecule has 0 radical (unpaired) electrons. The first kappa shape index (κ1) is 12.0. The van der Waals surface area contributed by atoms with Crippen molar-refractivity contribution in [3.05, 3.63) is 46.9 Å². The molecule has 1 fully saturated rings. The number of fused-ring (bicyclic) bond motifs is 1. The molecule has 0 spiro atoms. The molecule has 1 aliphatic carbocycles. The fourth-order valence-electron chi connectivity index (χ4n) is 2.51. The van der Waals surface area contributed by atoms with E-state index in [2.05, 4.69) is 36.5 Å². The zero-order valence-electron chi connectivity index (χ0n) is 10.6. The molecule has 5 heteroatoms. The van der Waals surface area contributed by atoms with Gasteiger partial charge in [-0.15, -0.1) is 0 Å². The van der Waals surface area contributed by atoms with Gasteiger partial charge < -0.3 is 4.57 Å². The van der Waals surface area contributed by atoms with Crippen molar-refractivity contribution in [3.63, 3.8) is 0 Å². The fourth-order valence-corrected chi connectivity index (χ4v) is 2.86. The Bertz CT molecular complexity index is 808. The molecule has 0 atom stereocenters. The topological polar surface area (TPSA) is 30.7 Å².